The standard InChI is InChI=1S/C25H40N4O5/c1-5-6-11-27-24(32)17(2)13-22(30)20(26)15-25(3,4)16-23(31)28-12-7-8-18-9-10-19(29(33)34)14-21(18)28/h9-10,14,17,20,22,30H,5-8,11-13,15-16,26H2,1-4H3,(H,27,32)/t17-,20+,22+/m1/s1. The number of nitrogens with zero attached hydrogens (tertiary/aromatic N) is 2. The van der Waals surface area contributed by atoms with Crippen LogP contribution in [-0.4, -0.2) is 47.1 Å². The summed E-state index contributed by atoms with van der Waals surface area (Å²) in [4.78, 5) is 37.8. The normalized spacial score (nSPS) is 16.4. The van der Waals surface area contributed by atoms with Gasteiger partial charge in [-0.05, 0) is 43.1 Å². The van der Waals surface area contributed by atoms with Crippen molar-refractivity contribution >= 4 is 23.2 Å². The van der Waals surface area contributed by atoms with Gasteiger partial charge in [-0.15, -0.1) is 0 Å². The Morgan fingerprint density at radius 1 is 1.35 bits per heavy atom. The van der Waals surface area contributed by atoms with E-state index in [9.17, 15) is 24.8 Å². The summed E-state index contributed by atoms with van der Waals surface area (Å²) in [5.41, 5.74) is 7.28. The van der Waals surface area contributed by atoms with Crippen molar-refractivity contribution in [1.82, 2.24) is 5.32 Å². The number of nitrogens with two attached hydrogens (primary N) is 1. The van der Waals surface area contributed by atoms with Crippen LogP contribution in [0, 0.1) is 21.4 Å². The molecule has 0 spiro atoms. The summed E-state index contributed by atoms with van der Waals surface area (Å²) in [5, 5.41) is 24.7. The summed E-state index contributed by atoms with van der Waals surface area (Å²) < 4.78 is 0. The molecule has 190 valence electrons. The maximum absolute atomic E-state index is 13.2. The Morgan fingerprint density at radius 3 is 2.71 bits per heavy atom. The van der Waals surface area contributed by atoms with Crippen LogP contribution in [0.25, 0.3) is 0 Å². The molecule has 34 heavy (non-hydrogen) atoms. The fraction of sp³-hybridized carbons (Fsp3) is 0.680. The third-order valence-electron chi connectivity index (χ3n) is 6.48. The minimum absolute atomic E-state index is 0.0318. The molecule has 1 aliphatic rings. The number of carbonyl (C=O) groups excluding carboxylic acids is 2. The third-order valence-corrected chi connectivity index (χ3v) is 6.48. The predicted octanol–water partition coefficient (Wildman–Crippen LogP) is 3.31. The summed E-state index contributed by atoms with van der Waals surface area (Å²) in [6.45, 7) is 8.83. The number of nitro benzene ring substituents is 1. The van der Waals surface area contributed by atoms with Crippen LogP contribution in [0.5, 0.6) is 0 Å². The fourth-order valence-electron chi connectivity index (χ4n) is 4.49. The van der Waals surface area contributed by atoms with Gasteiger partial charge in [0.05, 0.1) is 16.7 Å². The molecule has 1 aromatic rings. The van der Waals surface area contributed by atoms with Crippen molar-refractivity contribution in [3.63, 3.8) is 0 Å². The van der Waals surface area contributed by atoms with Gasteiger partial charge < -0.3 is 21.1 Å². The first-order valence-corrected chi connectivity index (χ1v) is 12.2. The molecule has 0 unspecified atom stereocenters. The molecule has 2 amide bonds. The molecule has 0 saturated heterocycles. The number of aliphatic hydroxyl groups excluding tert-OH is 1. The van der Waals surface area contributed by atoms with Crippen molar-refractivity contribution in [2.45, 2.75) is 84.8 Å². The van der Waals surface area contributed by atoms with Crippen LogP contribution in [0.4, 0.5) is 11.4 Å². The van der Waals surface area contributed by atoms with Gasteiger partial charge >= 0.3 is 0 Å². The molecular formula is C25H40N4O5. The Morgan fingerprint density at radius 2 is 2.06 bits per heavy atom. The lowest BCUT2D eigenvalue weighted by Crippen LogP contribution is -2.43. The summed E-state index contributed by atoms with van der Waals surface area (Å²) in [6, 6.07) is 4.09. The van der Waals surface area contributed by atoms with E-state index in [-0.39, 0.29) is 36.3 Å². The van der Waals surface area contributed by atoms with Gasteiger partial charge in [0.25, 0.3) is 5.69 Å². The monoisotopic (exact) mass is 476 g/mol. The molecule has 2 rings (SSSR count). The average molecular weight is 477 g/mol. The van der Waals surface area contributed by atoms with Crippen LogP contribution in [0.15, 0.2) is 18.2 Å². The molecule has 9 nitrogen and oxygen atoms in total. The van der Waals surface area contributed by atoms with Gasteiger partial charge in [-0.3, -0.25) is 19.7 Å². The van der Waals surface area contributed by atoms with Gasteiger partial charge in [0.1, 0.15) is 0 Å². The van der Waals surface area contributed by atoms with Crippen molar-refractivity contribution in [2.24, 2.45) is 17.1 Å². The highest BCUT2D eigenvalue weighted by Crippen LogP contribution is 2.34. The van der Waals surface area contributed by atoms with Gasteiger partial charge in [0, 0.05) is 43.6 Å². The summed E-state index contributed by atoms with van der Waals surface area (Å²) in [5.74, 6) is -0.563. The second-order valence-electron chi connectivity index (χ2n) is 10.3. The number of nitro groups is 1. The van der Waals surface area contributed by atoms with E-state index in [0.29, 0.717) is 25.2 Å². The van der Waals surface area contributed by atoms with E-state index >= 15 is 0 Å². The first kappa shape index (κ1) is 27.7. The molecule has 1 aliphatic heterocycles. The highest BCUT2D eigenvalue weighted by molar-refractivity contribution is 5.95. The molecule has 0 aliphatic carbocycles. The van der Waals surface area contributed by atoms with E-state index in [1.54, 1.807) is 17.9 Å². The van der Waals surface area contributed by atoms with E-state index in [1.807, 2.05) is 13.8 Å². The number of non-ortho nitro benzene ring substituents is 1. The number of carbonyl (C=O) groups is 2. The molecular weight excluding hydrogens is 436 g/mol. The Hall–Kier alpha value is -2.52. The van der Waals surface area contributed by atoms with Crippen LogP contribution in [-0.2, 0) is 16.0 Å². The van der Waals surface area contributed by atoms with E-state index in [4.69, 9.17) is 5.73 Å². The molecule has 0 saturated carbocycles. The zero-order chi connectivity index (χ0) is 25.5. The number of hydrogen-bond donors (Lipinski definition) is 3. The van der Waals surface area contributed by atoms with E-state index in [0.717, 1.165) is 31.2 Å². The van der Waals surface area contributed by atoms with Crippen molar-refractivity contribution in [1.29, 1.82) is 0 Å². The van der Waals surface area contributed by atoms with Crippen molar-refractivity contribution in [3.05, 3.63) is 33.9 Å². The molecule has 0 radical (unpaired) electrons. The minimum atomic E-state index is -0.861. The van der Waals surface area contributed by atoms with Crippen LogP contribution < -0.4 is 16.0 Å². The molecule has 0 aromatic heterocycles. The first-order chi connectivity index (χ1) is 15.9. The number of unbranched alkanes of at least 4 members (excludes halogenated alkanes) is 1. The summed E-state index contributed by atoms with van der Waals surface area (Å²) in [6.07, 6.45) is 3.48. The number of aryl methyl sites for hydroxylation is 1. The SMILES string of the molecule is CCCCNC(=O)[C@H](C)C[C@H](O)[C@@H](N)CC(C)(C)CC(=O)N1CCCc2ccc([N+](=O)[O-])cc21. The quantitative estimate of drug-likeness (QED) is 0.240. The number of nitrogens with one attached hydrogen (secondary N) is 1. The van der Waals surface area contributed by atoms with E-state index in [2.05, 4.69) is 12.2 Å². The van der Waals surface area contributed by atoms with Gasteiger partial charge in [-0.1, -0.05) is 40.2 Å². The summed E-state index contributed by atoms with van der Waals surface area (Å²) >= 11 is 0. The molecule has 1 heterocycles. The van der Waals surface area contributed by atoms with Gasteiger partial charge in [-0.25, -0.2) is 0 Å². The zero-order valence-corrected chi connectivity index (χ0v) is 20.9. The smallest absolute Gasteiger partial charge is 0.271 e. The van der Waals surface area contributed by atoms with Crippen molar-refractivity contribution in [2.75, 3.05) is 18.0 Å². The van der Waals surface area contributed by atoms with Crippen LogP contribution >= 0.6 is 0 Å². The highest BCUT2D eigenvalue weighted by atomic mass is 16.6. The first-order valence-electron chi connectivity index (χ1n) is 12.2. The molecule has 0 fully saturated rings. The molecule has 9 heteroatoms. The topological polar surface area (TPSA) is 139 Å². The third kappa shape index (κ3) is 7.77. The Labute approximate surface area is 202 Å². The summed E-state index contributed by atoms with van der Waals surface area (Å²) in [7, 11) is 0. The average Bonchev–Trinajstić information content (AvgIpc) is 2.77. The largest absolute Gasteiger partial charge is 0.391 e. The minimum Gasteiger partial charge on any atom is -0.391 e. The van der Waals surface area contributed by atoms with Crippen molar-refractivity contribution < 1.29 is 19.6 Å². The lowest BCUT2D eigenvalue weighted by molar-refractivity contribution is -0.384. The molecule has 3 atom stereocenters. The Kier molecular flexibility index (Phi) is 10.00. The maximum atomic E-state index is 13.2. The number of anilines is 1. The molecule has 1 aromatic carbocycles. The fourth-order valence-corrected chi connectivity index (χ4v) is 4.49. The molecule has 4 N–H and O–H groups in total. The zero-order valence-electron chi connectivity index (χ0n) is 20.9. The Bertz CT molecular complexity index is 873. The van der Waals surface area contributed by atoms with E-state index in [1.165, 1.54) is 12.1 Å². The number of rotatable bonds is 12. The van der Waals surface area contributed by atoms with Crippen LogP contribution in [0.1, 0.15) is 71.8 Å². The highest BCUT2D eigenvalue weighted by Gasteiger charge is 2.33. The number of amides is 2. The van der Waals surface area contributed by atoms with Crippen molar-refractivity contribution in [3.8, 4) is 0 Å². The number of aliphatic hydroxyl groups is 1. The second-order valence-corrected chi connectivity index (χ2v) is 10.3. The van der Waals surface area contributed by atoms with E-state index < -0.39 is 22.5 Å². The lowest BCUT2D eigenvalue weighted by atomic mass is 9.79. The second kappa shape index (κ2) is 12.3. The number of hydrogen-bond acceptors (Lipinski definition) is 6. The van der Waals surface area contributed by atoms with Crippen LogP contribution in [0.2, 0.25) is 0 Å². The van der Waals surface area contributed by atoms with Crippen LogP contribution in [0.3, 0.4) is 0 Å². The predicted molar refractivity (Wildman–Crippen MR) is 132 cm³/mol. The lowest BCUT2D eigenvalue weighted by Gasteiger charge is -2.34. The van der Waals surface area contributed by atoms with Gasteiger partial charge in [0.2, 0.25) is 11.8 Å². The maximum Gasteiger partial charge on any atom is 0.271 e. The number of fused-ring (bicyclic) bond motifs is 1. The molecule has 0 bridgehead atoms. The Balaban J connectivity index is 1.97. The van der Waals surface area contributed by atoms with Gasteiger partial charge in [0.15, 0.2) is 0 Å². The number of benzene rings is 1. The van der Waals surface area contributed by atoms with Gasteiger partial charge in [-0.2, -0.15) is 0 Å².